The van der Waals surface area contributed by atoms with E-state index in [1.807, 2.05) is 6.92 Å². The molecule has 2 aromatic rings. The fraction of sp³-hybridized carbons (Fsp3) is 0.333. The maximum atomic E-state index is 12.7. The van der Waals surface area contributed by atoms with Crippen molar-refractivity contribution < 1.29 is 24.2 Å². The van der Waals surface area contributed by atoms with Gasteiger partial charge >= 0.3 is 0 Å². The van der Waals surface area contributed by atoms with Crippen molar-refractivity contribution >= 4 is 23.2 Å². The monoisotopic (exact) mass is 361 g/mol. The summed E-state index contributed by atoms with van der Waals surface area (Å²) in [5, 5.41) is 12.8. The van der Waals surface area contributed by atoms with Crippen LogP contribution in [0.4, 0.5) is 0 Å². The maximum absolute atomic E-state index is 12.7. The molecule has 25 heavy (non-hydrogen) atoms. The number of hydrogen-bond acceptors (Lipinski definition) is 6. The van der Waals surface area contributed by atoms with Crippen molar-refractivity contribution in [1.82, 2.24) is 4.90 Å². The smallest absolute Gasteiger partial charge is 0.262 e. The van der Waals surface area contributed by atoms with Gasteiger partial charge in [0.15, 0.2) is 11.5 Å². The minimum absolute atomic E-state index is 0.149. The number of thiophene rings is 1. The Kier molecular flexibility index (Phi) is 5.06. The average Bonchev–Trinajstić information content (AvgIpc) is 3.18. The minimum atomic E-state index is -0.563. The van der Waals surface area contributed by atoms with E-state index in [4.69, 9.17) is 9.47 Å². The third-order valence-electron chi connectivity index (χ3n) is 4.15. The standard InChI is InChI=1S/C18H19NO5S/c1-3-24-15-5-4-11(8-16(15)23-2)14(6-7-20)19-17(21)12-9-25-10-13(12)18(19)22/h4-5,8-10,14,20H,3,6-7H2,1-2H3. The van der Waals surface area contributed by atoms with E-state index in [0.717, 1.165) is 0 Å². The summed E-state index contributed by atoms with van der Waals surface area (Å²) in [4.78, 5) is 26.5. The van der Waals surface area contributed by atoms with E-state index in [-0.39, 0.29) is 24.8 Å². The number of hydrogen-bond donors (Lipinski definition) is 1. The molecule has 1 aliphatic heterocycles. The van der Waals surface area contributed by atoms with E-state index in [9.17, 15) is 14.7 Å². The van der Waals surface area contributed by atoms with Crippen molar-refractivity contribution in [1.29, 1.82) is 0 Å². The lowest BCUT2D eigenvalue weighted by atomic mass is 10.0. The summed E-state index contributed by atoms with van der Waals surface area (Å²) in [5.74, 6) is 0.463. The van der Waals surface area contributed by atoms with Gasteiger partial charge in [0.05, 0.1) is 30.9 Å². The maximum Gasteiger partial charge on any atom is 0.262 e. The van der Waals surface area contributed by atoms with Crippen LogP contribution in [0.1, 0.15) is 45.7 Å². The molecule has 0 aliphatic carbocycles. The van der Waals surface area contributed by atoms with E-state index >= 15 is 0 Å². The van der Waals surface area contributed by atoms with Crippen LogP contribution in [0.2, 0.25) is 0 Å². The number of carbonyl (C=O) groups excluding carboxylic acids is 2. The van der Waals surface area contributed by atoms with Gasteiger partial charge in [0.25, 0.3) is 11.8 Å². The molecule has 0 fully saturated rings. The summed E-state index contributed by atoms with van der Waals surface area (Å²) in [5.41, 5.74) is 1.57. The first-order valence-electron chi connectivity index (χ1n) is 7.98. The Labute approximate surface area is 149 Å². The predicted molar refractivity (Wildman–Crippen MR) is 93.4 cm³/mol. The third kappa shape index (κ3) is 3.01. The van der Waals surface area contributed by atoms with Gasteiger partial charge in [0.1, 0.15) is 0 Å². The molecule has 0 radical (unpaired) electrons. The molecular weight excluding hydrogens is 342 g/mol. The molecule has 0 bridgehead atoms. The summed E-state index contributed by atoms with van der Waals surface area (Å²) in [6.45, 7) is 2.23. The van der Waals surface area contributed by atoms with Crippen LogP contribution >= 0.6 is 11.3 Å². The van der Waals surface area contributed by atoms with Gasteiger partial charge in [-0.3, -0.25) is 14.5 Å². The first-order chi connectivity index (χ1) is 12.1. The van der Waals surface area contributed by atoms with Gasteiger partial charge in [0.2, 0.25) is 0 Å². The number of rotatable bonds is 7. The van der Waals surface area contributed by atoms with Gasteiger partial charge in [-0.1, -0.05) is 6.07 Å². The number of imide groups is 1. The molecule has 0 saturated heterocycles. The number of methoxy groups -OCH3 is 1. The Bertz CT molecular complexity index is 770. The molecule has 2 heterocycles. The molecule has 0 saturated carbocycles. The molecule has 1 aromatic carbocycles. The summed E-state index contributed by atoms with van der Waals surface area (Å²) in [6.07, 6.45) is 0.252. The first kappa shape index (κ1) is 17.4. The fourth-order valence-electron chi connectivity index (χ4n) is 3.00. The highest BCUT2D eigenvalue weighted by atomic mass is 32.1. The number of aliphatic hydroxyl groups excluding tert-OH is 1. The molecule has 6 nitrogen and oxygen atoms in total. The van der Waals surface area contributed by atoms with E-state index in [0.29, 0.717) is 34.8 Å². The number of amides is 2. The van der Waals surface area contributed by atoms with Crippen molar-refractivity contribution in [3.05, 3.63) is 45.6 Å². The van der Waals surface area contributed by atoms with Crippen molar-refractivity contribution in [2.75, 3.05) is 20.3 Å². The lowest BCUT2D eigenvalue weighted by Crippen LogP contribution is -2.34. The first-order valence-corrected chi connectivity index (χ1v) is 8.92. The van der Waals surface area contributed by atoms with Crippen LogP contribution in [0.3, 0.4) is 0 Å². The summed E-state index contributed by atoms with van der Waals surface area (Å²) >= 11 is 1.33. The fourth-order valence-corrected chi connectivity index (χ4v) is 3.79. The quantitative estimate of drug-likeness (QED) is 0.768. The molecule has 2 amide bonds. The lowest BCUT2D eigenvalue weighted by Gasteiger charge is -2.27. The van der Waals surface area contributed by atoms with Crippen LogP contribution < -0.4 is 9.47 Å². The molecule has 3 rings (SSSR count). The number of aliphatic hydroxyl groups is 1. The van der Waals surface area contributed by atoms with Gasteiger partial charge < -0.3 is 14.6 Å². The zero-order chi connectivity index (χ0) is 18.0. The topological polar surface area (TPSA) is 76.1 Å². The normalized spacial score (nSPS) is 14.6. The highest BCUT2D eigenvalue weighted by molar-refractivity contribution is 7.08. The number of carbonyl (C=O) groups is 2. The summed E-state index contributed by atoms with van der Waals surface area (Å²) < 4.78 is 10.9. The molecule has 1 N–H and O–H groups in total. The van der Waals surface area contributed by atoms with Gasteiger partial charge in [-0.25, -0.2) is 0 Å². The Hall–Kier alpha value is -2.38. The number of ether oxygens (including phenoxy) is 2. The van der Waals surface area contributed by atoms with Gasteiger partial charge in [-0.05, 0) is 31.0 Å². The molecule has 7 heteroatoms. The van der Waals surface area contributed by atoms with Gasteiger partial charge in [0, 0.05) is 17.4 Å². The largest absolute Gasteiger partial charge is 0.493 e. The third-order valence-corrected chi connectivity index (χ3v) is 4.89. The Balaban J connectivity index is 1.98. The second-order valence-electron chi connectivity index (χ2n) is 5.55. The average molecular weight is 361 g/mol. The lowest BCUT2D eigenvalue weighted by molar-refractivity contribution is 0.0558. The SMILES string of the molecule is CCOc1ccc(C(CCO)N2C(=O)c3cscc3C2=O)cc1OC. The van der Waals surface area contributed by atoms with Crippen LogP contribution in [0.25, 0.3) is 0 Å². The number of fused-ring (bicyclic) bond motifs is 1. The van der Waals surface area contributed by atoms with Gasteiger partial charge in [-0.2, -0.15) is 11.3 Å². The number of benzene rings is 1. The molecule has 132 valence electrons. The van der Waals surface area contributed by atoms with E-state index < -0.39 is 6.04 Å². The molecule has 0 spiro atoms. The zero-order valence-corrected chi connectivity index (χ0v) is 14.8. The van der Waals surface area contributed by atoms with Crippen LogP contribution in [-0.2, 0) is 0 Å². The van der Waals surface area contributed by atoms with E-state index in [1.54, 1.807) is 29.0 Å². The molecule has 1 atom stereocenters. The predicted octanol–water partition coefficient (Wildman–Crippen LogP) is 2.88. The second-order valence-corrected chi connectivity index (χ2v) is 6.29. The molecule has 1 aliphatic rings. The van der Waals surface area contributed by atoms with Crippen LogP contribution in [0, 0.1) is 0 Å². The zero-order valence-electron chi connectivity index (χ0n) is 14.0. The molecule has 1 unspecified atom stereocenters. The van der Waals surface area contributed by atoms with Crippen molar-refractivity contribution in [3.8, 4) is 11.5 Å². The Morgan fingerprint density at radius 2 is 1.84 bits per heavy atom. The highest BCUT2D eigenvalue weighted by Crippen LogP contribution is 2.38. The Morgan fingerprint density at radius 1 is 1.16 bits per heavy atom. The molecule has 1 aromatic heterocycles. The van der Waals surface area contributed by atoms with Gasteiger partial charge in [-0.15, -0.1) is 0 Å². The summed E-state index contributed by atoms with van der Waals surface area (Å²) in [7, 11) is 1.53. The van der Waals surface area contributed by atoms with E-state index in [2.05, 4.69) is 0 Å². The van der Waals surface area contributed by atoms with Crippen LogP contribution in [0.5, 0.6) is 11.5 Å². The molecular formula is C18H19NO5S. The number of nitrogens with zero attached hydrogens (tertiary/aromatic N) is 1. The van der Waals surface area contributed by atoms with Crippen molar-refractivity contribution in [2.24, 2.45) is 0 Å². The van der Waals surface area contributed by atoms with Crippen molar-refractivity contribution in [3.63, 3.8) is 0 Å². The van der Waals surface area contributed by atoms with Crippen LogP contribution in [-0.4, -0.2) is 42.1 Å². The highest BCUT2D eigenvalue weighted by Gasteiger charge is 2.41. The van der Waals surface area contributed by atoms with Crippen LogP contribution in [0.15, 0.2) is 29.0 Å². The minimum Gasteiger partial charge on any atom is -0.493 e. The second kappa shape index (κ2) is 7.25. The summed E-state index contributed by atoms with van der Waals surface area (Å²) in [6, 6.07) is 4.73. The Morgan fingerprint density at radius 3 is 2.40 bits per heavy atom. The van der Waals surface area contributed by atoms with E-state index in [1.165, 1.54) is 23.3 Å². The van der Waals surface area contributed by atoms with Crippen molar-refractivity contribution in [2.45, 2.75) is 19.4 Å².